The van der Waals surface area contributed by atoms with Crippen LogP contribution in [-0.4, -0.2) is 40.8 Å². The number of hydrogen-bond donors (Lipinski definition) is 2. The van der Waals surface area contributed by atoms with E-state index in [1.54, 1.807) is 0 Å². The normalized spacial score (nSPS) is 22.5. The largest absolute Gasteiger partial charge is 0.361 e. The van der Waals surface area contributed by atoms with Crippen LogP contribution in [0, 0.1) is 11.3 Å². The Balaban J connectivity index is 1.16. The Morgan fingerprint density at radius 1 is 1.09 bits per heavy atom. The van der Waals surface area contributed by atoms with Crippen LogP contribution in [0.2, 0.25) is 0 Å². The van der Waals surface area contributed by atoms with Crippen molar-refractivity contribution in [2.45, 2.75) is 83.1 Å². The van der Waals surface area contributed by atoms with Crippen molar-refractivity contribution in [1.29, 1.82) is 0 Å². The fourth-order valence-corrected chi connectivity index (χ4v) is 6.20. The fourth-order valence-electron chi connectivity index (χ4n) is 6.20. The molecule has 2 N–H and O–H groups in total. The van der Waals surface area contributed by atoms with Crippen LogP contribution >= 0.6 is 0 Å². The molecule has 3 aliphatic rings. The van der Waals surface area contributed by atoms with Gasteiger partial charge in [0, 0.05) is 49.1 Å². The smallest absolute Gasteiger partial charge is 0.222 e. The second-order valence-corrected chi connectivity index (χ2v) is 10.5. The molecular formula is C27H37N3O2. The molecule has 1 unspecified atom stereocenters. The van der Waals surface area contributed by atoms with Crippen LogP contribution in [0.1, 0.15) is 76.2 Å². The molecule has 0 bridgehead atoms. The lowest BCUT2D eigenvalue weighted by Crippen LogP contribution is -2.35. The van der Waals surface area contributed by atoms with E-state index in [4.69, 9.17) is 0 Å². The van der Waals surface area contributed by atoms with Gasteiger partial charge in [0.25, 0.3) is 0 Å². The predicted molar refractivity (Wildman–Crippen MR) is 127 cm³/mol. The quantitative estimate of drug-likeness (QED) is 0.616. The van der Waals surface area contributed by atoms with Gasteiger partial charge in [-0.2, -0.15) is 0 Å². The molecule has 5 nitrogen and oxygen atoms in total. The number of likely N-dealkylation sites (tertiary alicyclic amines) is 1. The number of fused-ring (bicyclic) bond motifs is 1. The van der Waals surface area contributed by atoms with Crippen LogP contribution in [0.25, 0.3) is 10.9 Å². The molecule has 1 aliphatic heterocycles. The van der Waals surface area contributed by atoms with Gasteiger partial charge in [0.1, 0.15) is 0 Å². The summed E-state index contributed by atoms with van der Waals surface area (Å²) in [5.74, 6) is 0.993. The summed E-state index contributed by atoms with van der Waals surface area (Å²) < 4.78 is 0. The lowest BCUT2D eigenvalue weighted by Gasteiger charge is -2.38. The first-order valence-corrected chi connectivity index (χ1v) is 12.8. The second kappa shape index (κ2) is 9.29. The Morgan fingerprint density at radius 3 is 2.72 bits per heavy atom. The third-order valence-corrected chi connectivity index (χ3v) is 8.19. The van der Waals surface area contributed by atoms with E-state index in [2.05, 4.69) is 39.6 Å². The third-order valence-electron chi connectivity index (χ3n) is 8.19. The minimum atomic E-state index is 0.210. The van der Waals surface area contributed by atoms with Crippen molar-refractivity contribution in [2.24, 2.45) is 11.3 Å². The van der Waals surface area contributed by atoms with Crippen LogP contribution in [0.5, 0.6) is 0 Å². The second-order valence-electron chi connectivity index (χ2n) is 10.5. The molecule has 1 atom stereocenters. The molecular weight excluding hydrogens is 398 g/mol. The highest BCUT2D eigenvalue weighted by molar-refractivity contribution is 5.83. The van der Waals surface area contributed by atoms with E-state index in [1.807, 2.05) is 6.07 Å². The minimum absolute atomic E-state index is 0.210. The number of H-pyrrole nitrogens is 1. The molecule has 32 heavy (non-hydrogen) atoms. The summed E-state index contributed by atoms with van der Waals surface area (Å²) in [5, 5.41) is 4.41. The van der Waals surface area contributed by atoms with Gasteiger partial charge in [-0.3, -0.25) is 9.59 Å². The van der Waals surface area contributed by atoms with E-state index in [1.165, 1.54) is 48.6 Å². The molecule has 0 radical (unpaired) electrons. The molecule has 2 aliphatic carbocycles. The zero-order valence-electron chi connectivity index (χ0n) is 19.2. The van der Waals surface area contributed by atoms with Crippen LogP contribution in [0.15, 0.2) is 30.5 Å². The first kappa shape index (κ1) is 21.5. The van der Waals surface area contributed by atoms with Crippen molar-refractivity contribution < 1.29 is 9.59 Å². The third kappa shape index (κ3) is 4.72. The van der Waals surface area contributed by atoms with Crippen LogP contribution in [-0.2, 0) is 16.0 Å². The van der Waals surface area contributed by atoms with Gasteiger partial charge >= 0.3 is 0 Å². The van der Waals surface area contributed by atoms with Gasteiger partial charge in [0.05, 0.1) is 0 Å². The van der Waals surface area contributed by atoms with Gasteiger partial charge in [0.15, 0.2) is 0 Å². The van der Waals surface area contributed by atoms with Crippen molar-refractivity contribution in [3.05, 3.63) is 36.0 Å². The first-order chi connectivity index (χ1) is 15.6. The summed E-state index contributed by atoms with van der Waals surface area (Å²) in [7, 11) is 0. The van der Waals surface area contributed by atoms with E-state index >= 15 is 0 Å². The average Bonchev–Trinajstić information content (AvgIpc) is 3.42. The number of amides is 2. The first-order valence-electron chi connectivity index (χ1n) is 12.8. The maximum atomic E-state index is 13.1. The predicted octanol–water partition coefficient (Wildman–Crippen LogP) is 4.96. The zero-order chi connectivity index (χ0) is 22.0. The van der Waals surface area contributed by atoms with E-state index in [0.717, 1.165) is 45.2 Å². The lowest BCUT2D eigenvalue weighted by atomic mass is 9.66. The van der Waals surface area contributed by atoms with Crippen LogP contribution in [0.4, 0.5) is 0 Å². The van der Waals surface area contributed by atoms with E-state index in [0.29, 0.717) is 30.7 Å². The van der Waals surface area contributed by atoms with Gasteiger partial charge in [-0.05, 0) is 67.9 Å². The highest BCUT2D eigenvalue weighted by Crippen LogP contribution is 2.49. The van der Waals surface area contributed by atoms with Crippen molar-refractivity contribution in [1.82, 2.24) is 15.2 Å². The van der Waals surface area contributed by atoms with Crippen molar-refractivity contribution in [3.8, 4) is 0 Å². The number of para-hydroxylation sites is 1. The van der Waals surface area contributed by atoms with Crippen molar-refractivity contribution in [3.63, 3.8) is 0 Å². The highest BCUT2D eigenvalue weighted by Gasteiger charge is 2.47. The maximum Gasteiger partial charge on any atom is 0.222 e. The van der Waals surface area contributed by atoms with Crippen LogP contribution in [0.3, 0.4) is 0 Å². The molecule has 1 saturated heterocycles. The summed E-state index contributed by atoms with van der Waals surface area (Å²) in [5.41, 5.74) is 2.73. The standard InChI is InChI=1S/C27H37N3O2/c31-25(29-22-12-13-22)14-11-21-18-30(19-27(21)15-4-1-5-16-27)26(32)10-6-7-20-17-28-24-9-3-2-8-23(20)24/h2-3,8-9,17,21-22,28H,1,4-7,10-16,18-19H2,(H,29,31). The average molecular weight is 436 g/mol. The van der Waals surface area contributed by atoms with Gasteiger partial charge < -0.3 is 15.2 Å². The topological polar surface area (TPSA) is 65.2 Å². The summed E-state index contributed by atoms with van der Waals surface area (Å²) in [6, 6.07) is 8.81. The Morgan fingerprint density at radius 2 is 1.91 bits per heavy atom. The molecule has 5 rings (SSSR count). The Hall–Kier alpha value is -2.30. The molecule has 2 amide bonds. The number of carbonyl (C=O) groups is 2. The number of hydrogen-bond acceptors (Lipinski definition) is 2. The molecule has 3 fully saturated rings. The molecule has 1 aromatic heterocycles. The maximum absolute atomic E-state index is 13.1. The Labute approximate surface area is 191 Å². The molecule has 1 aromatic carbocycles. The van der Waals surface area contributed by atoms with E-state index in [9.17, 15) is 9.59 Å². The molecule has 2 heterocycles. The molecule has 1 spiro atoms. The Kier molecular flexibility index (Phi) is 6.25. The fraction of sp³-hybridized carbons (Fsp3) is 0.630. The number of nitrogens with zero attached hydrogens (tertiary/aromatic N) is 1. The number of rotatable bonds is 8. The highest BCUT2D eigenvalue weighted by atomic mass is 16.2. The summed E-state index contributed by atoms with van der Waals surface area (Å²) >= 11 is 0. The molecule has 172 valence electrons. The van der Waals surface area contributed by atoms with Crippen LogP contribution < -0.4 is 5.32 Å². The number of nitrogens with one attached hydrogen (secondary N) is 2. The Bertz CT molecular complexity index is 955. The zero-order valence-corrected chi connectivity index (χ0v) is 19.2. The van der Waals surface area contributed by atoms with E-state index < -0.39 is 0 Å². The SMILES string of the molecule is O=C(CCC1CN(C(=O)CCCc2c[nH]c3ccccc23)CC12CCCCC2)NC1CC1. The number of aryl methyl sites for hydroxylation is 1. The van der Waals surface area contributed by atoms with Gasteiger partial charge in [-0.15, -0.1) is 0 Å². The van der Waals surface area contributed by atoms with Crippen molar-refractivity contribution in [2.75, 3.05) is 13.1 Å². The lowest BCUT2D eigenvalue weighted by molar-refractivity contribution is -0.130. The number of benzene rings is 1. The van der Waals surface area contributed by atoms with E-state index in [-0.39, 0.29) is 11.3 Å². The van der Waals surface area contributed by atoms with Gasteiger partial charge in [-0.25, -0.2) is 0 Å². The number of aromatic nitrogens is 1. The summed E-state index contributed by atoms with van der Waals surface area (Å²) in [6.07, 6.45) is 14.6. The molecule has 2 saturated carbocycles. The molecule has 5 heteroatoms. The van der Waals surface area contributed by atoms with Gasteiger partial charge in [0.2, 0.25) is 11.8 Å². The van der Waals surface area contributed by atoms with Crippen molar-refractivity contribution >= 4 is 22.7 Å². The summed E-state index contributed by atoms with van der Waals surface area (Å²) in [4.78, 5) is 30.9. The number of carbonyl (C=O) groups excluding carboxylic acids is 2. The monoisotopic (exact) mass is 435 g/mol. The molecule has 2 aromatic rings. The van der Waals surface area contributed by atoms with Gasteiger partial charge in [-0.1, -0.05) is 37.5 Å². The summed E-state index contributed by atoms with van der Waals surface area (Å²) in [6.45, 7) is 1.76. The number of aromatic amines is 1. The minimum Gasteiger partial charge on any atom is -0.361 e.